The van der Waals surface area contributed by atoms with Gasteiger partial charge in [0.1, 0.15) is 30.3 Å². The van der Waals surface area contributed by atoms with Crippen molar-refractivity contribution in [1.82, 2.24) is 21.3 Å². The summed E-state index contributed by atoms with van der Waals surface area (Å²) < 4.78 is 4.84. The summed E-state index contributed by atoms with van der Waals surface area (Å²) >= 11 is 0. The van der Waals surface area contributed by atoms with Crippen molar-refractivity contribution >= 4 is 35.4 Å². The zero-order chi connectivity index (χ0) is 37.5. The Labute approximate surface area is 302 Å². The Kier molecular flexibility index (Phi) is 13.8. The molecule has 6 N–H and O–H groups in total. The van der Waals surface area contributed by atoms with Crippen molar-refractivity contribution in [2.24, 2.45) is 0 Å². The molecule has 0 radical (unpaired) electrons. The van der Waals surface area contributed by atoms with Crippen LogP contribution in [0.1, 0.15) is 42.5 Å². The number of alkyl carbamates (subject to hydrolysis) is 1. The summed E-state index contributed by atoms with van der Waals surface area (Å²) in [6, 6.07) is 31.1. The van der Waals surface area contributed by atoms with Crippen LogP contribution in [0.15, 0.2) is 128 Å². The maximum Gasteiger partial charge on any atom is 0.408 e. The zero-order valence-corrected chi connectivity index (χ0v) is 29.0. The summed E-state index contributed by atoms with van der Waals surface area (Å²) in [5, 5.41) is 22.8. The summed E-state index contributed by atoms with van der Waals surface area (Å²) in [6.07, 6.45) is 0.0551. The maximum absolute atomic E-state index is 14.2. The molecule has 0 saturated carbocycles. The lowest BCUT2D eigenvalue weighted by Gasteiger charge is -2.37. The predicted octanol–water partition coefficient (Wildman–Crippen LogP) is 3.91. The van der Waals surface area contributed by atoms with E-state index in [9.17, 15) is 29.1 Å². The summed E-state index contributed by atoms with van der Waals surface area (Å²) in [7, 11) is 0. The van der Waals surface area contributed by atoms with Gasteiger partial charge in [-0.2, -0.15) is 0 Å². The molecule has 0 saturated heterocycles. The van der Waals surface area contributed by atoms with Crippen LogP contribution in [0.3, 0.4) is 0 Å². The van der Waals surface area contributed by atoms with Gasteiger partial charge in [0.25, 0.3) is 0 Å². The van der Waals surface area contributed by atoms with Gasteiger partial charge < -0.3 is 36.4 Å². The van der Waals surface area contributed by atoms with Crippen LogP contribution < -0.4 is 26.6 Å². The van der Waals surface area contributed by atoms with Gasteiger partial charge in [0.15, 0.2) is 0 Å². The van der Waals surface area contributed by atoms with Gasteiger partial charge in [0.2, 0.25) is 23.6 Å². The van der Waals surface area contributed by atoms with Gasteiger partial charge in [-0.25, -0.2) is 4.79 Å². The molecule has 3 atom stereocenters. The minimum atomic E-state index is -1.39. The van der Waals surface area contributed by atoms with Crippen LogP contribution in [-0.4, -0.2) is 59.6 Å². The molecule has 270 valence electrons. The number of aliphatic hydroxyl groups excluding tert-OH is 1. The Morgan fingerprint density at radius 1 is 0.692 bits per heavy atom. The van der Waals surface area contributed by atoms with Crippen molar-refractivity contribution in [2.45, 2.75) is 50.5 Å². The third kappa shape index (κ3) is 10.1. The van der Waals surface area contributed by atoms with E-state index in [4.69, 9.17) is 4.74 Å². The number of nitrogens with one attached hydrogen (secondary N) is 5. The lowest BCUT2D eigenvalue weighted by molar-refractivity contribution is -0.132. The van der Waals surface area contributed by atoms with Crippen LogP contribution >= 0.6 is 0 Å². The second-order valence-corrected chi connectivity index (χ2v) is 12.0. The number of benzene rings is 4. The monoisotopic (exact) mass is 705 g/mol. The number of anilines is 1. The number of hydrogen-bond donors (Lipinski definition) is 6. The molecule has 4 rings (SSSR count). The average molecular weight is 706 g/mol. The highest BCUT2D eigenvalue weighted by molar-refractivity contribution is 6.01. The lowest BCUT2D eigenvalue weighted by atomic mass is 9.77. The molecule has 0 bridgehead atoms. The van der Waals surface area contributed by atoms with E-state index in [0.29, 0.717) is 11.3 Å². The zero-order valence-electron chi connectivity index (χ0n) is 29.0. The maximum atomic E-state index is 14.2. The highest BCUT2D eigenvalue weighted by Gasteiger charge is 2.39. The van der Waals surface area contributed by atoms with Gasteiger partial charge in [-0.15, -0.1) is 0 Å². The largest absolute Gasteiger partial charge is 0.445 e. The first-order valence-electron chi connectivity index (χ1n) is 16.7. The van der Waals surface area contributed by atoms with Gasteiger partial charge >= 0.3 is 6.09 Å². The molecule has 12 nitrogen and oxygen atoms in total. The SMILES string of the molecule is C=CCOC(=O)NC(C)C(=O)NC(C)C(=O)NC(CC(=O)NC(c1ccccc1)(c1ccccc1)c1ccccc1)C(=O)Nc1ccc(CO)cc1. The Morgan fingerprint density at radius 3 is 1.65 bits per heavy atom. The van der Waals surface area contributed by atoms with E-state index < -0.39 is 59.8 Å². The van der Waals surface area contributed by atoms with Crippen LogP contribution in [0.5, 0.6) is 0 Å². The fraction of sp³-hybridized carbons (Fsp3) is 0.225. The molecule has 0 heterocycles. The third-order valence-electron chi connectivity index (χ3n) is 8.19. The quantitative estimate of drug-likeness (QED) is 0.0757. The topological polar surface area (TPSA) is 175 Å². The number of aliphatic hydroxyl groups is 1. The van der Waals surface area contributed by atoms with E-state index in [1.165, 1.54) is 19.9 Å². The number of amides is 5. The molecule has 4 aromatic carbocycles. The lowest BCUT2D eigenvalue weighted by Crippen LogP contribution is -2.56. The van der Waals surface area contributed by atoms with E-state index in [2.05, 4.69) is 33.2 Å². The van der Waals surface area contributed by atoms with E-state index in [0.717, 1.165) is 16.7 Å². The second-order valence-electron chi connectivity index (χ2n) is 12.0. The molecular formula is C40H43N5O7. The minimum Gasteiger partial charge on any atom is -0.445 e. The first kappa shape index (κ1) is 38.5. The molecule has 0 aliphatic carbocycles. The minimum absolute atomic E-state index is 0.0508. The van der Waals surface area contributed by atoms with Gasteiger partial charge in [0.05, 0.1) is 13.0 Å². The molecule has 52 heavy (non-hydrogen) atoms. The Morgan fingerprint density at radius 2 is 1.17 bits per heavy atom. The number of rotatable bonds is 16. The molecule has 0 aliphatic rings. The van der Waals surface area contributed by atoms with Crippen LogP contribution in [0.2, 0.25) is 0 Å². The van der Waals surface area contributed by atoms with Crippen LogP contribution in [-0.2, 0) is 36.1 Å². The van der Waals surface area contributed by atoms with Crippen molar-refractivity contribution in [3.8, 4) is 0 Å². The van der Waals surface area contributed by atoms with E-state index in [-0.39, 0.29) is 13.2 Å². The van der Waals surface area contributed by atoms with Gasteiger partial charge in [-0.1, -0.05) is 116 Å². The van der Waals surface area contributed by atoms with Crippen molar-refractivity contribution in [1.29, 1.82) is 0 Å². The summed E-state index contributed by atoms with van der Waals surface area (Å²) in [4.78, 5) is 66.1. The number of carbonyl (C=O) groups is 5. The molecule has 5 amide bonds. The average Bonchev–Trinajstić information content (AvgIpc) is 3.17. The highest BCUT2D eigenvalue weighted by Crippen LogP contribution is 2.37. The standard InChI is InChI=1S/C40H43N5O7/c1-4-24-52-39(51)42-28(3)36(48)41-27(2)37(49)44-34(38(50)43-33-22-20-29(26-46)21-23-33)25-35(47)45-40(30-14-8-5-9-15-30,31-16-10-6-11-17-31)32-18-12-7-13-19-32/h4-23,27-28,34,46H,1,24-26H2,2-3H3,(H,41,48)(H,42,51)(H,43,50)(H,44,49)(H,45,47). The van der Waals surface area contributed by atoms with Crippen molar-refractivity contribution in [2.75, 3.05) is 11.9 Å². The normalized spacial score (nSPS) is 12.6. The van der Waals surface area contributed by atoms with Crippen LogP contribution in [0, 0.1) is 0 Å². The molecule has 0 aromatic heterocycles. The first-order chi connectivity index (χ1) is 25.1. The molecule has 0 spiro atoms. The number of ether oxygens (including phenoxy) is 1. The molecule has 3 unspecified atom stereocenters. The van der Waals surface area contributed by atoms with Crippen LogP contribution in [0.4, 0.5) is 10.5 Å². The van der Waals surface area contributed by atoms with Crippen molar-refractivity contribution in [3.63, 3.8) is 0 Å². The Hall–Kier alpha value is -6.27. The third-order valence-corrected chi connectivity index (χ3v) is 8.19. The van der Waals surface area contributed by atoms with Crippen molar-refractivity contribution in [3.05, 3.63) is 150 Å². The van der Waals surface area contributed by atoms with Crippen molar-refractivity contribution < 1.29 is 33.8 Å². The van der Waals surface area contributed by atoms with Gasteiger partial charge in [-0.3, -0.25) is 19.2 Å². The summed E-state index contributed by atoms with van der Waals surface area (Å²) in [6.45, 7) is 6.04. The fourth-order valence-electron chi connectivity index (χ4n) is 5.48. The van der Waals surface area contributed by atoms with E-state index in [1.807, 2.05) is 91.0 Å². The number of hydrogen-bond acceptors (Lipinski definition) is 7. The summed E-state index contributed by atoms with van der Waals surface area (Å²) in [5.41, 5.74) is 2.12. The molecule has 0 fully saturated rings. The molecular weight excluding hydrogens is 662 g/mol. The van der Waals surface area contributed by atoms with Gasteiger partial charge in [0, 0.05) is 5.69 Å². The molecule has 0 aliphatic heterocycles. The molecule has 12 heteroatoms. The Balaban J connectivity index is 1.61. The summed E-state index contributed by atoms with van der Waals surface area (Å²) in [5.74, 6) is -2.68. The number of carbonyl (C=O) groups excluding carboxylic acids is 5. The Bertz CT molecular complexity index is 1720. The second kappa shape index (κ2) is 18.6. The smallest absolute Gasteiger partial charge is 0.408 e. The van der Waals surface area contributed by atoms with Gasteiger partial charge in [-0.05, 0) is 48.2 Å². The molecule has 4 aromatic rings. The predicted molar refractivity (Wildman–Crippen MR) is 197 cm³/mol. The van der Waals surface area contributed by atoms with E-state index >= 15 is 0 Å². The van der Waals surface area contributed by atoms with Crippen LogP contribution in [0.25, 0.3) is 0 Å². The first-order valence-corrected chi connectivity index (χ1v) is 16.7. The highest BCUT2D eigenvalue weighted by atomic mass is 16.5. The fourth-order valence-corrected chi connectivity index (χ4v) is 5.48. The van der Waals surface area contributed by atoms with E-state index in [1.54, 1.807) is 24.3 Å².